The van der Waals surface area contributed by atoms with Gasteiger partial charge in [-0.1, -0.05) is 79.5 Å². The highest BCUT2D eigenvalue weighted by molar-refractivity contribution is 9.12. The van der Waals surface area contributed by atoms with Crippen molar-refractivity contribution < 1.29 is 8.85 Å². The summed E-state index contributed by atoms with van der Waals surface area (Å²) in [5.74, 6) is 0. The fourth-order valence-electron chi connectivity index (χ4n) is 2.15. The number of hydrogen-bond acceptors (Lipinski definition) is 2. The summed E-state index contributed by atoms with van der Waals surface area (Å²) in [5, 5.41) is 0.386. The molecular formula is C18H36Br2O2Si2. The van der Waals surface area contributed by atoms with E-state index < -0.39 is 16.6 Å². The van der Waals surface area contributed by atoms with Crippen LogP contribution < -0.4 is 0 Å². The third kappa shape index (κ3) is 5.52. The van der Waals surface area contributed by atoms with Crippen LogP contribution in [0, 0.1) is 0 Å². The Hall–Kier alpha value is 1.05. The summed E-state index contributed by atoms with van der Waals surface area (Å²) >= 11 is 7.54. The molecule has 0 spiro atoms. The third-order valence-electron chi connectivity index (χ3n) is 5.89. The van der Waals surface area contributed by atoms with Crippen molar-refractivity contribution in [3.63, 3.8) is 0 Å². The van der Waals surface area contributed by atoms with Crippen LogP contribution >= 0.6 is 31.9 Å². The second-order valence-electron chi connectivity index (χ2n) is 10.0. The fraction of sp³-hybridized carbons (Fsp3) is 0.889. The second kappa shape index (κ2) is 7.59. The Bertz CT molecular complexity index is 476. The van der Waals surface area contributed by atoms with Gasteiger partial charge in [0.1, 0.15) is 6.10 Å². The van der Waals surface area contributed by atoms with E-state index in [0.717, 1.165) is 10.9 Å². The molecule has 0 heterocycles. The summed E-state index contributed by atoms with van der Waals surface area (Å²) in [7, 11) is -3.72. The van der Waals surface area contributed by atoms with Crippen LogP contribution in [0.5, 0.6) is 0 Å². The lowest BCUT2D eigenvalue weighted by Crippen LogP contribution is -2.53. The lowest BCUT2D eigenvalue weighted by atomic mass is 10.0. The summed E-state index contributed by atoms with van der Waals surface area (Å²) in [5.41, 5.74) is 0. The Morgan fingerprint density at radius 1 is 0.917 bits per heavy atom. The molecule has 0 fully saturated rings. The van der Waals surface area contributed by atoms with Gasteiger partial charge >= 0.3 is 0 Å². The number of rotatable bonds is 4. The van der Waals surface area contributed by atoms with E-state index in [2.05, 4.69) is 106 Å². The Balaban J connectivity index is 3.11. The van der Waals surface area contributed by atoms with Crippen LogP contribution in [0.25, 0.3) is 0 Å². The summed E-state index contributed by atoms with van der Waals surface area (Å²) in [4.78, 5) is 0.334. The fourth-order valence-corrected chi connectivity index (χ4v) is 6.64. The van der Waals surface area contributed by atoms with Gasteiger partial charge in [-0.25, -0.2) is 0 Å². The van der Waals surface area contributed by atoms with E-state index in [1.165, 1.54) is 0 Å². The summed E-state index contributed by atoms with van der Waals surface area (Å²) in [6.45, 7) is 23.0. The molecule has 0 saturated heterocycles. The predicted octanol–water partition coefficient (Wildman–Crippen LogP) is 7.21. The number of hydrogen-bond donors (Lipinski definition) is 0. The first-order chi connectivity index (χ1) is 10.5. The molecule has 0 N–H and O–H groups in total. The van der Waals surface area contributed by atoms with E-state index in [4.69, 9.17) is 8.85 Å². The highest BCUT2D eigenvalue weighted by Crippen LogP contribution is 2.44. The predicted molar refractivity (Wildman–Crippen MR) is 118 cm³/mol. The van der Waals surface area contributed by atoms with Crippen LogP contribution in [-0.2, 0) is 8.85 Å². The van der Waals surface area contributed by atoms with Gasteiger partial charge in [-0.15, -0.1) is 0 Å². The first-order valence-corrected chi connectivity index (χ1v) is 16.4. The SMILES string of the molecule is CC(C)(C)[Si](C)(C)O[C@H]1CC(Br)C=C(Br)[C@@H]1O[Si](C)(C)C(C)(C)C. The van der Waals surface area contributed by atoms with E-state index in [9.17, 15) is 0 Å². The lowest BCUT2D eigenvalue weighted by molar-refractivity contribution is 0.0530. The van der Waals surface area contributed by atoms with Crippen molar-refractivity contribution in [2.24, 2.45) is 0 Å². The van der Waals surface area contributed by atoms with Crippen molar-refractivity contribution in [1.82, 2.24) is 0 Å². The standard InChI is InChI=1S/C18H36Br2O2Si2/c1-17(2,3)23(7,8)21-15-12-13(19)11-14(20)16(15)22-24(9,10)18(4,5)6/h11,13,15-16H,12H2,1-10H3/t13?,15-,16-/m0/s1. The molecule has 0 bridgehead atoms. The molecule has 0 aromatic heterocycles. The van der Waals surface area contributed by atoms with Crippen molar-refractivity contribution in [2.75, 3.05) is 0 Å². The molecule has 2 nitrogen and oxygen atoms in total. The second-order valence-corrected chi connectivity index (χ2v) is 21.6. The largest absolute Gasteiger partial charge is 0.411 e. The highest BCUT2D eigenvalue weighted by atomic mass is 79.9. The van der Waals surface area contributed by atoms with Crippen LogP contribution in [0.1, 0.15) is 48.0 Å². The Morgan fingerprint density at radius 3 is 1.75 bits per heavy atom. The average molecular weight is 500 g/mol. The molecule has 1 unspecified atom stereocenters. The molecule has 24 heavy (non-hydrogen) atoms. The Morgan fingerprint density at radius 2 is 1.33 bits per heavy atom. The summed E-state index contributed by atoms with van der Waals surface area (Å²) < 4.78 is 14.7. The number of alkyl halides is 1. The van der Waals surface area contributed by atoms with Crippen LogP contribution in [0.2, 0.25) is 36.3 Å². The van der Waals surface area contributed by atoms with Gasteiger partial charge in [0, 0.05) is 9.31 Å². The van der Waals surface area contributed by atoms with Crippen molar-refractivity contribution in [1.29, 1.82) is 0 Å². The van der Waals surface area contributed by atoms with Crippen LogP contribution in [-0.4, -0.2) is 33.7 Å². The minimum Gasteiger partial charge on any atom is -0.411 e. The van der Waals surface area contributed by atoms with Crippen molar-refractivity contribution in [3.8, 4) is 0 Å². The van der Waals surface area contributed by atoms with E-state index in [1.54, 1.807) is 0 Å². The molecule has 0 aromatic carbocycles. The molecule has 1 aliphatic carbocycles. The Labute approximate surface area is 168 Å². The smallest absolute Gasteiger partial charge is 0.193 e. The molecule has 0 amide bonds. The van der Waals surface area contributed by atoms with Crippen molar-refractivity contribution in [2.45, 2.75) is 101 Å². The zero-order chi connectivity index (χ0) is 19.1. The van der Waals surface area contributed by atoms with E-state index in [0.29, 0.717) is 4.83 Å². The van der Waals surface area contributed by atoms with Crippen LogP contribution in [0.4, 0.5) is 0 Å². The molecule has 0 aromatic rings. The van der Waals surface area contributed by atoms with E-state index in [-0.39, 0.29) is 22.3 Å². The van der Waals surface area contributed by atoms with Gasteiger partial charge in [0.25, 0.3) is 0 Å². The normalized spacial score (nSPS) is 27.2. The first kappa shape index (κ1) is 23.1. The van der Waals surface area contributed by atoms with Crippen molar-refractivity contribution >= 4 is 48.5 Å². The van der Waals surface area contributed by atoms with Gasteiger partial charge in [0.05, 0.1) is 6.10 Å². The van der Waals surface area contributed by atoms with Gasteiger partial charge in [-0.3, -0.25) is 0 Å². The maximum atomic E-state index is 6.79. The minimum atomic E-state index is -1.87. The van der Waals surface area contributed by atoms with E-state index in [1.807, 2.05) is 0 Å². The van der Waals surface area contributed by atoms with Crippen molar-refractivity contribution in [3.05, 3.63) is 10.6 Å². The van der Waals surface area contributed by atoms with Crippen LogP contribution in [0.15, 0.2) is 10.6 Å². The molecule has 3 atom stereocenters. The van der Waals surface area contributed by atoms with Gasteiger partial charge in [-0.2, -0.15) is 0 Å². The highest BCUT2D eigenvalue weighted by Gasteiger charge is 2.46. The topological polar surface area (TPSA) is 18.5 Å². The lowest BCUT2D eigenvalue weighted by Gasteiger charge is -2.46. The van der Waals surface area contributed by atoms with Gasteiger partial charge in [0.15, 0.2) is 16.6 Å². The molecule has 1 rings (SSSR count). The first-order valence-electron chi connectivity index (χ1n) is 8.85. The molecule has 0 aliphatic heterocycles. The van der Waals surface area contributed by atoms with Crippen LogP contribution in [0.3, 0.4) is 0 Å². The Kier molecular flexibility index (Phi) is 7.30. The van der Waals surface area contributed by atoms with Gasteiger partial charge in [0.2, 0.25) is 0 Å². The monoisotopic (exact) mass is 498 g/mol. The maximum Gasteiger partial charge on any atom is 0.193 e. The molecule has 1 aliphatic rings. The quantitative estimate of drug-likeness (QED) is 0.300. The minimum absolute atomic E-state index is 0.00816. The van der Waals surface area contributed by atoms with E-state index >= 15 is 0 Å². The van der Waals surface area contributed by atoms with Gasteiger partial charge in [-0.05, 0) is 42.7 Å². The molecule has 6 heteroatoms. The summed E-state index contributed by atoms with van der Waals surface area (Å²) in [6.07, 6.45) is 3.29. The zero-order valence-electron chi connectivity index (χ0n) is 17.1. The number of halogens is 2. The molecule has 142 valence electrons. The zero-order valence-corrected chi connectivity index (χ0v) is 22.3. The molecule has 0 radical (unpaired) electrons. The third-order valence-corrected chi connectivity index (χ3v) is 16.2. The summed E-state index contributed by atoms with van der Waals surface area (Å²) in [6, 6.07) is 0. The molecule has 0 saturated carbocycles. The number of allylic oxidation sites excluding steroid dienone is 1. The van der Waals surface area contributed by atoms with Gasteiger partial charge < -0.3 is 8.85 Å². The molecular weight excluding hydrogens is 464 g/mol. The maximum absolute atomic E-state index is 6.79. The average Bonchev–Trinajstić information content (AvgIpc) is 2.30.